The van der Waals surface area contributed by atoms with Crippen molar-refractivity contribution in [3.05, 3.63) is 128 Å². The van der Waals surface area contributed by atoms with Crippen molar-refractivity contribution in [2.75, 3.05) is 41.5 Å². The SMILES string of the molecule is COC(CN=c1[nH]c(=Nc2cc(C(C)(C)C)c([O-])c(C(C)(C)C)c2)[nH]c(=Nc2ccc(/C=C/c3ccc(N=c4[nH]c(=NCC(OC)OC)[nH]c(=Nc5cc(C(C)(C)C)c([O-])c(C(C)(C)C)c5)[nH]4)cc3S(=O)(=O)O)c(S(=O)(=O)O)c2)[nH]1)OC.[Na+].[Na+]. The second-order valence-electron chi connectivity index (χ2n) is 23.2. The van der Waals surface area contributed by atoms with Gasteiger partial charge in [-0.25, -0.2) is 30.0 Å². The summed E-state index contributed by atoms with van der Waals surface area (Å²) in [5.41, 5.74) is 1.60. The van der Waals surface area contributed by atoms with Crippen LogP contribution in [-0.4, -0.2) is 110 Å². The molecule has 2 heterocycles. The van der Waals surface area contributed by atoms with Crippen LogP contribution in [0.25, 0.3) is 12.2 Å². The van der Waals surface area contributed by atoms with Crippen LogP contribution in [-0.2, 0) is 60.8 Å². The zero-order chi connectivity index (χ0) is 60.9. The normalized spacial score (nSPS) is 14.3. The molecule has 6 rings (SSSR count). The molecule has 0 spiro atoms. The van der Waals surface area contributed by atoms with Gasteiger partial charge in [0.05, 0.1) is 35.8 Å². The van der Waals surface area contributed by atoms with Gasteiger partial charge < -0.3 is 29.2 Å². The monoisotopic (exact) mass is 1220 g/mol. The van der Waals surface area contributed by atoms with Crippen molar-refractivity contribution < 1.29 is 114 Å². The van der Waals surface area contributed by atoms with Gasteiger partial charge in [-0.15, -0.1) is 11.5 Å². The number of H-pyrrole nitrogens is 6. The Morgan fingerprint density at radius 1 is 0.440 bits per heavy atom. The molecule has 24 nitrogen and oxygen atoms in total. The molecule has 0 radical (unpaired) electrons. The van der Waals surface area contributed by atoms with E-state index >= 15 is 0 Å². The van der Waals surface area contributed by atoms with E-state index in [1.165, 1.54) is 64.9 Å². The second kappa shape index (κ2) is 28.5. The van der Waals surface area contributed by atoms with Crippen molar-refractivity contribution in [1.29, 1.82) is 0 Å². The number of aromatic nitrogens is 6. The molecule has 4 aromatic carbocycles. The number of benzene rings is 4. The van der Waals surface area contributed by atoms with Crippen LogP contribution in [0.1, 0.15) is 116 Å². The average Bonchev–Trinajstić information content (AvgIpc) is 2.72. The van der Waals surface area contributed by atoms with Gasteiger partial charge in [-0.05, 0) is 104 Å². The molecule has 0 amide bonds. The molecule has 0 aliphatic heterocycles. The van der Waals surface area contributed by atoms with Crippen LogP contribution >= 0.6 is 0 Å². The fraction of sp³-hybridized carbons (Fsp3) is 0.429. The summed E-state index contributed by atoms with van der Waals surface area (Å²) in [6.07, 6.45) is 1.05. The number of hydrogen-bond donors (Lipinski definition) is 8. The molecule has 0 bridgehead atoms. The molecule has 0 saturated carbocycles. The molecule has 0 atom stereocenters. The average molecular weight is 1220 g/mol. The van der Waals surface area contributed by atoms with Crippen LogP contribution in [0.15, 0.2) is 100 Å². The van der Waals surface area contributed by atoms with Gasteiger partial charge in [0.25, 0.3) is 20.2 Å². The van der Waals surface area contributed by atoms with Gasteiger partial charge in [-0.3, -0.25) is 39.0 Å². The molecule has 0 aliphatic rings. The first-order chi connectivity index (χ1) is 38.0. The maximum atomic E-state index is 13.7. The smallest absolute Gasteiger partial charge is 0.872 e. The largest absolute Gasteiger partial charge is 1.00 e. The van der Waals surface area contributed by atoms with Crippen molar-refractivity contribution in [1.82, 2.24) is 29.9 Å². The fourth-order valence-electron chi connectivity index (χ4n) is 8.25. The molecular weight excluding hydrogens is 1140 g/mol. The molecule has 8 N–H and O–H groups in total. The quantitative estimate of drug-likeness (QED) is 0.0267. The van der Waals surface area contributed by atoms with Gasteiger partial charge in [0.15, 0.2) is 12.6 Å². The number of rotatable bonds is 16. The number of hydrogen-bond acceptors (Lipinski definition) is 16. The Labute approximate surface area is 532 Å². The number of aromatic amines is 6. The molecule has 2 aromatic heterocycles. The molecule has 0 aliphatic carbocycles. The molecule has 84 heavy (non-hydrogen) atoms. The van der Waals surface area contributed by atoms with Crippen molar-refractivity contribution in [2.45, 2.75) is 127 Å². The summed E-state index contributed by atoms with van der Waals surface area (Å²) in [7, 11) is -4.11. The van der Waals surface area contributed by atoms with Crippen molar-refractivity contribution in [3.8, 4) is 11.5 Å². The third-order valence-corrected chi connectivity index (χ3v) is 14.4. The summed E-state index contributed by atoms with van der Waals surface area (Å²) in [5, 5.41) is 27.3. The van der Waals surface area contributed by atoms with Crippen LogP contribution in [0.3, 0.4) is 0 Å². The van der Waals surface area contributed by atoms with Gasteiger partial charge in [-0.2, -0.15) is 16.8 Å². The summed E-state index contributed by atoms with van der Waals surface area (Å²) in [6.45, 7) is 23.4. The van der Waals surface area contributed by atoms with E-state index in [0.29, 0.717) is 33.6 Å². The minimum Gasteiger partial charge on any atom is -0.872 e. The third-order valence-electron chi connectivity index (χ3n) is 12.6. The van der Waals surface area contributed by atoms with E-state index in [9.17, 15) is 36.2 Å². The molecule has 0 saturated heterocycles. The van der Waals surface area contributed by atoms with Crippen molar-refractivity contribution >= 4 is 55.1 Å². The van der Waals surface area contributed by atoms with E-state index in [0.717, 1.165) is 12.1 Å². The van der Waals surface area contributed by atoms with Gasteiger partial charge in [0.1, 0.15) is 9.79 Å². The zero-order valence-corrected chi connectivity index (χ0v) is 56.6. The van der Waals surface area contributed by atoms with Crippen LogP contribution in [0.2, 0.25) is 0 Å². The van der Waals surface area contributed by atoms with E-state index in [4.69, 9.17) is 28.9 Å². The fourth-order valence-corrected chi connectivity index (χ4v) is 9.66. The Kier molecular flexibility index (Phi) is 24.1. The standard InChI is InChI=1S/C56H76N12O12S2.2Na/c1-53(2,3)37-23-35(24-38(45(37)69)54(4,5)6)61-51-65-47(57-29-43(77-13)78-14)63-49(67-51)59-33-21-19-31(41(27-33)81(71,72)73)17-18-32-20-22-34(28-42(32)82(74,75)76)60-50-64-48(58-30-44(79-15)80-16)66-52(68-50)62-36-25-39(55(7,8)9)46(70)40(26-36)56(10,11)12;;/h17-28,43-44,69-70H,29-30H2,1-16H3,(H,71,72,73)(H,74,75,76)(H3,57,59,61,63,65,67)(H3,58,60,62,64,66,68);;/q;2*+1/p-2/b18-17+;;. The molecule has 444 valence electrons. The summed E-state index contributed by atoms with van der Waals surface area (Å²) in [4.78, 5) is 44.8. The summed E-state index contributed by atoms with van der Waals surface area (Å²) in [6, 6.07) is 14.6. The minimum absolute atomic E-state index is 0. The molecule has 0 unspecified atom stereocenters. The summed E-state index contributed by atoms with van der Waals surface area (Å²) < 4.78 is 94.4. The van der Waals surface area contributed by atoms with Gasteiger partial charge in [-0.1, -0.05) is 107 Å². The Hall–Kier alpha value is -5.30. The Bertz CT molecular complexity index is 3720. The van der Waals surface area contributed by atoms with Gasteiger partial charge in [0.2, 0.25) is 33.7 Å². The van der Waals surface area contributed by atoms with E-state index in [-0.39, 0.29) is 140 Å². The third kappa shape index (κ3) is 19.1. The molecule has 6 aromatic rings. The van der Waals surface area contributed by atoms with Crippen LogP contribution in [0.4, 0.5) is 22.7 Å². The van der Waals surface area contributed by atoms with Crippen LogP contribution in [0, 0.1) is 0 Å². The number of ether oxygens (including phenoxy) is 4. The summed E-state index contributed by atoms with van der Waals surface area (Å²) >= 11 is 0. The van der Waals surface area contributed by atoms with Gasteiger partial charge >= 0.3 is 59.1 Å². The number of methoxy groups -OCH3 is 4. The molecule has 0 fully saturated rings. The topological polar surface area (TPSA) is 361 Å². The maximum Gasteiger partial charge on any atom is 1.00 e. The van der Waals surface area contributed by atoms with Gasteiger partial charge in [0, 0.05) is 28.4 Å². The zero-order valence-electron chi connectivity index (χ0n) is 51.0. The van der Waals surface area contributed by atoms with E-state index in [1.54, 1.807) is 24.3 Å². The minimum atomic E-state index is -4.97. The Morgan fingerprint density at radius 2 is 0.690 bits per heavy atom. The predicted octanol–water partition coefficient (Wildman–Crippen LogP) is -0.367. The molecule has 28 heteroatoms. The van der Waals surface area contributed by atoms with Crippen LogP contribution in [0.5, 0.6) is 11.5 Å². The number of nitrogens with one attached hydrogen (secondary N) is 6. The van der Waals surface area contributed by atoms with Crippen molar-refractivity contribution in [3.63, 3.8) is 0 Å². The van der Waals surface area contributed by atoms with Crippen LogP contribution < -0.4 is 103 Å². The maximum absolute atomic E-state index is 13.7. The van der Waals surface area contributed by atoms with E-state index < -0.39 is 64.3 Å². The Morgan fingerprint density at radius 3 is 0.929 bits per heavy atom. The first kappa shape index (κ1) is 71.2. The first-order valence-corrected chi connectivity index (χ1v) is 28.7. The predicted molar refractivity (Wildman–Crippen MR) is 304 cm³/mol. The van der Waals surface area contributed by atoms with E-state index in [1.807, 2.05) is 83.1 Å². The van der Waals surface area contributed by atoms with E-state index in [2.05, 4.69) is 49.9 Å². The first-order valence-electron chi connectivity index (χ1n) is 25.8. The molecular formula is C56H74N12Na2O12S2. The Balaban J connectivity index is 0.00000757. The second-order valence-corrected chi connectivity index (χ2v) is 26.0. The summed E-state index contributed by atoms with van der Waals surface area (Å²) in [5.74, 6) is -0.162. The van der Waals surface area contributed by atoms with Crippen molar-refractivity contribution in [2.24, 2.45) is 30.0 Å². The number of nitrogens with zero attached hydrogens (tertiary/aromatic N) is 6.